The van der Waals surface area contributed by atoms with Crippen LogP contribution in [0.3, 0.4) is 0 Å². The summed E-state index contributed by atoms with van der Waals surface area (Å²) < 4.78 is 0. The lowest BCUT2D eigenvalue weighted by molar-refractivity contribution is 0.201. The number of hydrogen-bond donors (Lipinski definition) is 1. The molecule has 0 atom stereocenters. The van der Waals surface area contributed by atoms with Gasteiger partial charge in [0, 0.05) is 37.4 Å². The maximum Gasteiger partial charge on any atom is 0.0544 e. The molecule has 2 rings (SSSR count). The van der Waals surface area contributed by atoms with Gasteiger partial charge in [0.15, 0.2) is 0 Å². The van der Waals surface area contributed by atoms with E-state index in [9.17, 15) is 0 Å². The predicted molar refractivity (Wildman–Crippen MR) is 89.1 cm³/mol. The molecule has 1 aliphatic rings. The number of nitrogens with zero attached hydrogens (tertiary/aromatic N) is 2. The lowest BCUT2D eigenvalue weighted by Crippen LogP contribution is -2.35. The van der Waals surface area contributed by atoms with Gasteiger partial charge in [-0.1, -0.05) is 6.07 Å². The van der Waals surface area contributed by atoms with Crippen molar-refractivity contribution in [3.05, 3.63) is 29.6 Å². The zero-order chi connectivity index (χ0) is 15.5. The molecule has 0 aliphatic heterocycles. The SMILES string of the molecule is CC(C)N(Cc1ccc(CNC(C)(C)C)cn1)CC1CC1. The number of pyridine rings is 1. The Kier molecular flexibility index (Phi) is 5.39. The van der Waals surface area contributed by atoms with Crippen molar-refractivity contribution >= 4 is 0 Å². The minimum atomic E-state index is 0.150. The van der Waals surface area contributed by atoms with Crippen LogP contribution in [0.2, 0.25) is 0 Å². The second-order valence-electron chi connectivity index (χ2n) is 7.73. The fourth-order valence-corrected chi connectivity index (χ4v) is 2.32. The van der Waals surface area contributed by atoms with Crippen molar-refractivity contribution in [3.63, 3.8) is 0 Å². The van der Waals surface area contributed by atoms with E-state index in [0.29, 0.717) is 6.04 Å². The van der Waals surface area contributed by atoms with Crippen LogP contribution in [0.15, 0.2) is 18.3 Å². The standard InChI is InChI=1S/C18H31N3/c1-14(2)21(12-15-6-7-15)13-17-9-8-16(10-19-17)11-20-18(3,4)5/h8-10,14-15,20H,6-7,11-13H2,1-5H3. The summed E-state index contributed by atoms with van der Waals surface area (Å²) in [7, 11) is 0. The Bertz CT molecular complexity index is 427. The molecule has 21 heavy (non-hydrogen) atoms. The molecule has 1 N–H and O–H groups in total. The Morgan fingerprint density at radius 2 is 2.00 bits per heavy atom. The smallest absolute Gasteiger partial charge is 0.0544 e. The molecule has 1 aromatic heterocycles. The van der Waals surface area contributed by atoms with Gasteiger partial charge in [0.2, 0.25) is 0 Å². The number of aromatic nitrogens is 1. The van der Waals surface area contributed by atoms with E-state index in [1.807, 2.05) is 6.20 Å². The van der Waals surface area contributed by atoms with Crippen LogP contribution in [0.4, 0.5) is 0 Å². The summed E-state index contributed by atoms with van der Waals surface area (Å²) >= 11 is 0. The van der Waals surface area contributed by atoms with E-state index < -0.39 is 0 Å². The maximum atomic E-state index is 4.65. The topological polar surface area (TPSA) is 28.2 Å². The molecule has 0 amide bonds. The van der Waals surface area contributed by atoms with Crippen molar-refractivity contribution in [1.29, 1.82) is 0 Å². The molecule has 118 valence electrons. The zero-order valence-corrected chi connectivity index (χ0v) is 14.3. The minimum Gasteiger partial charge on any atom is -0.308 e. The maximum absolute atomic E-state index is 4.65. The van der Waals surface area contributed by atoms with Crippen molar-refractivity contribution in [1.82, 2.24) is 15.2 Å². The highest BCUT2D eigenvalue weighted by Crippen LogP contribution is 2.30. The van der Waals surface area contributed by atoms with Gasteiger partial charge in [-0.15, -0.1) is 0 Å². The van der Waals surface area contributed by atoms with Gasteiger partial charge >= 0.3 is 0 Å². The second-order valence-corrected chi connectivity index (χ2v) is 7.73. The summed E-state index contributed by atoms with van der Waals surface area (Å²) in [5.41, 5.74) is 2.59. The molecule has 1 saturated carbocycles. The first-order valence-electron chi connectivity index (χ1n) is 8.26. The van der Waals surface area contributed by atoms with Crippen LogP contribution in [0.25, 0.3) is 0 Å². The average molecular weight is 289 g/mol. The second kappa shape index (κ2) is 6.89. The molecule has 0 bridgehead atoms. The monoisotopic (exact) mass is 289 g/mol. The average Bonchev–Trinajstić information content (AvgIpc) is 3.20. The Morgan fingerprint density at radius 3 is 2.48 bits per heavy atom. The van der Waals surface area contributed by atoms with Crippen molar-refractivity contribution in [2.45, 2.75) is 72.1 Å². The summed E-state index contributed by atoms with van der Waals surface area (Å²) in [6.45, 7) is 14.2. The molecule has 0 unspecified atom stereocenters. The summed E-state index contributed by atoms with van der Waals surface area (Å²) in [4.78, 5) is 7.20. The lowest BCUT2D eigenvalue weighted by atomic mass is 10.1. The highest BCUT2D eigenvalue weighted by atomic mass is 15.2. The molecule has 1 heterocycles. The van der Waals surface area contributed by atoms with Gasteiger partial charge in [-0.05, 0) is 65.0 Å². The number of nitrogens with one attached hydrogen (secondary N) is 1. The molecule has 1 fully saturated rings. The lowest BCUT2D eigenvalue weighted by Gasteiger charge is -2.26. The molecule has 0 radical (unpaired) electrons. The van der Waals surface area contributed by atoms with Crippen LogP contribution < -0.4 is 5.32 Å². The van der Waals surface area contributed by atoms with Gasteiger partial charge in [0.05, 0.1) is 5.69 Å². The van der Waals surface area contributed by atoms with E-state index in [1.54, 1.807) is 0 Å². The fraction of sp³-hybridized carbons (Fsp3) is 0.722. The van der Waals surface area contributed by atoms with Gasteiger partial charge in [-0.25, -0.2) is 0 Å². The summed E-state index contributed by atoms with van der Waals surface area (Å²) in [6, 6.07) is 4.98. The molecular formula is C18H31N3. The van der Waals surface area contributed by atoms with Gasteiger partial charge in [0.1, 0.15) is 0 Å². The van der Waals surface area contributed by atoms with Gasteiger partial charge < -0.3 is 5.32 Å². The highest BCUT2D eigenvalue weighted by Gasteiger charge is 2.25. The molecule has 3 heteroatoms. The van der Waals surface area contributed by atoms with Crippen LogP contribution in [-0.2, 0) is 13.1 Å². The molecule has 0 aromatic carbocycles. The van der Waals surface area contributed by atoms with Crippen molar-refractivity contribution in [2.75, 3.05) is 6.54 Å². The Labute approximate surface area is 130 Å². The largest absolute Gasteiger partial charge is 0.308 e. The quantitative estimate of drug-likeness (QED) is 0.831. The first kappa shape index (κ1) is 16.4. The van der Waals surface area contributed by atoms with Gasteiger partial charge in [0.25, 0.3) is 0 Å². The van der Waals surface area contributed by atoms with E-state index in [-0.39, 0.29) is 5.54 Å². The molecule has 0 saturated heterocycles. The van der Waals surface area contributed by atoms with Crippen LogP contribution in [-0.4, -0.2) is 28.0 Å². The molecular weight excluding hydrogens is 258 g/mol. The number of hydrogen-bond acceptors (Lipinski definition) is 3. The predicted octanol–water partition coefficient (Wildman–Crippen LogP) is 3.59. The highest BCUT2D eigenvalue weighted by molar-refractivity contribution is 5.14. The van der Waals surface area contributed by atoms with Crippen LogP contribution in [0, 0.1) is 5.92 Å². The van der Waals surface area contributed by atoms with Gasteiger partial charge in [-0.3, -0.25) is 9.88 Å². The molecule has 1 aliphatic carbocycles. The van der Waals surface area contributed by atoms with E-state index in [1.165, 1.54) is 30.6 Å². The minimum absolute atomic E-state index is 0.150. The third-order valence-corrected chi connectivity index (χ3v) is 3.99. The van der Waals surface area contributed by atoms with Crippen LogP contribution in [0.5, 0.6) is 0 Å². The van der Waals surface area contributed by atoms with E-state index in [0.717, 1.165) is 19.0 Å². The first-order chi connectivity index (χ1) is 9.83. The summed E-state index contributed by atoms with van der Waals surface area (Å²) in [6.07, 6.45) is 4.84. The Morgan fingerprint density at radius 1 is 1.29 bits per heavy atom. The van der Waals surface area contributed by atoms with E-state index in [2.05, 4.69) is 62.0 Å². The summed E-state index contributed by atoms with van der Waals surface area (Å²) in [5.74, 6) is 0.933. The van der Waals surface area contributed by atoms with Crippen molar-refractivity contribution in [2.24, 2.45) is 5.92 Å². The first-order valence-corrected chi connectivity index (χ1v) is 8.26. The Balaban J connectivity index is 1.88. The van der Waals surface area contributed by atoms with E-state index in [4.69, 9.17) is 0 Å². The van der Waals surface area contributed by atoms with Crippen molar-refractivity contribution < 1.29 is 0 Å². The fourth-order valence-electron chi connectivity index (χ4n) is 2.32. The molecule has 3 nitrogen and oxygen atoms in total. The molecule has 0 spiro atoms. The number of rotatable bonds is 7. The normalized spacial score (nSPS) is 16.0. The third-order valence-electron chi connectivity index (χ3n) is 3.99. The molecule has 1 aromatic rings. The summed E-state index contributed by atoms with van der Waals surface area (Å²) in [5, 5.41) is 3.50. The Hall–Kier alpha value is -0.930. The van der Waals surface area contributed by atoms with Gasteiger partial charge in [-0.2, -0.15) is 0 Å². The van der Waals surface area contributed by atoms with E-state index >= 15 is 0 Å². The van der Waals surface area contributed by atoms with Crippen molar-refractivity contribution in [3.8, 4) is 0 Å². The van der Waals surface area contributed by atoms with Crippen LogP contribution in [0.1, 0.15) is 58.7 Å². The van der Waals surface area contributed by atoms with Crippen LogP contribution >= 0.6 is 0 Å². The zero-order valence-electron chi connectivity index (χ0n) is 14.3. The third kappa shape index (κ3) is 6.15.